The molecule has 0 aliphatic heterocycles. The highest BCUT2D eigenvalue weighted by Crippen LogP contribution is 2.26. The lowest BCUT2D eigenvalue weighted by Crippen LogP contribution is -1.82. The Hall–Kier alpha value is -1.21. The van der Waals surface area contributed by atoms with Gasteiger partial charge in [-0.05, 0) is 35.9 Å². The highest BCUT2D eigenvalue weighted by Gasteiger charge is 2.00. The zero-order valence-corrected chi connectivity index (χ0v) is 9.55. The molecule has 0 saturated carbocycles. The maximum atomic E-state index is 4.01. The molecule has 0 spiro atoms. The Morgan fingerprint density at radius 2 is 1.67 bits per heavy atom. The van der Waals surface area contributed by atoms with E-state index >= 15 is 0 Å². The summed E-state index contributed by atoms with van der Waals surface area (Å²) in [7, 11) is 0. The molecule has 1 heteroatoms. The van der Waals surface area contributed by atoms with Crippen molar-refractivity contribution in [3.8, 4) is 11.1 Å². The fourth-order valence-corrected chi connectivity index (χ4v) is 2.13. The van der Waals surface area contributed by atoms with Crippen LogP contribution in [0.2, 0.25) is 0 Å². The lowest BCUT2D eigenvalue weighted by atomic mass is 10.0. The van der Waals surface area contributed by atoms with Crippen molar-refractivity contribution in [1.29, 1.82) is 0 Å². The average molecular weight is 213 g/mol. The minimum absolute atomic E-state index is 1.10. The van der Waals surface area contributed by atoms with Crippen molar-refractivity contribution >= 4 is 11.8 Å². The summed E-state index contributed by atoms with van der Waals surface area (Å²) in [5, 5.41) is 0. The number of hydrogen-bond acceptors (Lipinski definition) is 1. The lowest BCUT2D eigenvalue weighted by Gasteiger charge is -2.06. The summed E-state index contributed by atoms with van der Waals surface area (Å²) in [6.45, 7) is 4.01. The Balaban J connectivity index is 2.46. The van der Waals surface area contributed by atoms with Crippen LogP contribution in [0, 0.1) is 6.92 Å². The summed E-state index contributed by atoms with van der Waals surface area (Å²) in [4.78, 5) is 1.25. The molecule has 75 valence electrons. The van der Waals surface area contributed by atoms with Crippen LogP contribution in [0.25, 0.3) is 11.1 Å². The minimum atomic E-state index is 1.10. The molecule has 0 heterocycles. The molecular weight excluding hydrogens is 200 g/mol. The first kappa shape index (κ1) is 10.3. The van der Waals surface area contributed by atoms with Crippen molar-refractivity contribution in [2.45, 2.75) is 4.90 Å². The zero-order valence-electron chi connectivity index (χ0n) is 8.73. The Labute approximate surface area is 95.3 Å². The van der Waals surface area contributed by atoms with Crippen LogP contribution >= 0.6 is 11.8 Å². The summed E-state index contributed by atoms with van der Waals surface area (Å²) in [6.07, 6.45) is 2.08. The van der Waals surface area contributed by atoms with E-state index in [1.807, 2.05) is 6.07 Å². The quantitative estimate of drug-likeness (QED) is 0.672. The monoisotopic (exact) mass is 213 g/mol. The van der Waals surface area contributed by atoms with Gasteiger partial charge in [0.25, 0.3) is 0 Å². The molecule has 0 N–H and O–H groups in total. The van der Waals surface area contributed by atoms with Gasteiger partial charge in [-0.1, -0.05) is 42.5 Å². The van der Waals surface area contributed by atoms with Crippen molar-refractivity contribution in [3.05, 3.63) is 61.0 Å². The van der Waals surface area contributed by atoms with E-state index in [0.29, 0.717) is 0 Å². The van der Waals surface area contributed by atoms with Crippen molar-refractivity contribution in [3.63, 3.8) is 0 Å². The van der Waals surface area contributed by atoms with Gasteiger partial charge in [-0.15, -0.1) is 11.8 Å². The third kappa shape index (κ3) is 2.24. The van der Waals surface area contributed by atoms with E-state index in [-0.39, 0.29) is 0 Å². The lowest BCUT2D eigenvalue weighted by molar-refractivity contribution is 1.39. The fraction of sp³-hybridized carbons (Fsp3) is 0.0714. The zero-order chi connectivity index (χ0) is 10.7. The van der Waals surface area contributed by atoms with Crippen LogP contribution in [0.4, 0.5) is 0 Å². The summed E-state index contributed by atoms with van der Waals surface area (Å²) < 4.78 is 0. The molecule has 2 aromatic carbocycles. The topological polar surface area (TPSA) is 0 Å². The first-order valence-corrected chi connectivity index (χ1v) is 6.09. The largest absolute Gasteiger partial charge is 0.129 e. The summed E-state index contributed by atoms with van der Waals surface area (Å²) in [6, 6.07) is 16.8. The number of rotatable bonds is 2. The minimum Gasteiger partial charge on any atom is -0.129 e. The molecule has 0 unspecified atom stereocenters. The van der Waals surface area contributed by atoms with Crippen LogP contribution in [-0.2, 0) is 0 Å². The van der Waals surface area contributed by atoms with Gasteiger partial charge >= 0.3 is 0 Å². The molecule has 0 saturated heterocycles. The molecule has 2 aromatic rings. The second kappa shape index (κ2) is 4.54. The molecule has 0 nitrogen and oxygen atoms in total. The molecule has 0 atom stereocenters. The molecular formula is C14H13S. The Bertz CT molecular complexity index is 446. The van der Waals surface area contributed by atoms with Gasteiger partial charge < -0.3 is 0 Å². The van der Waals surface area contributed by atoms with Gasteiger partial charge in [0.05, 0.1) is 0 Å². The second-order valence-electron chi connectivity index (χ2n) is 3.39. The number of benzene rings is 2. The number of hydrogen-bond donors (Lipinski definition) is 0. The van der Waals surface area contributed by atoms with Gasteiger partial charge in [-0.3, -0.25) is 0 Å². The molecule has 0 fully saturated rings. The second-order valence-corrected chi connectivity index (χ2v) is 4.24. The molecule has 0 aromatic heterocycles. The predicted octanol–water partition coefficient (Wildman–Crippen LogP) is 4.26. The molecule has 0 aliphatic carbocycles. The van der Waals surface area contributed by atoms with E-state index in [1.54, 1.807) is 11.8 Å². The molecule has 0 bridgehead atoms. The summed E-state index contributed by atoms with van der Waals surface area (Å²) in [5.74, 6) is 0. The van der Waals surface area contributed by atoms with Crippen molar-refractivity contribution < 1.29 is 0 Å². The van der Waals surface area contributed by atoms with E-state index in [4.69, 9.17) is 0 Å². The summed E-state index contributed by atoms with van der Waals surface area (Å²) >= 11 is 1.74. The number of thioether (sulfide) groups is 1. The van der Waals surface area contributed by atoms with Gasteiger partial charge in [-0.2, -0.15) is 0 Å². The fourth-order valence-electron chi connectivity index (χ4n) is 1.55. The molecule has 2 rings (SSSR count). The van der Waals surface area contributed by atoms with Crippen LogP contribution in [0.15, 0.2) is 53.4 Å². The summed E-state index contributed by atoms with van der Waals surface area (Å²) in [5.41, 5.74) is 3.61. The molecule has 0 amide bonds. The van der Waals surface area contributed by atoms with Crippen LogP contribution in [-0.4, -0.2) is 6.26 Å². The maximum absolute atomic E-state index is 4.01. The van der Waals surface area contributed by atoms with Crippen LogP contribution in [0.5, 0.6) is 0 Å². The third-order valence-corrected chi connectivity index (χ3v) is 3.21. The Morgan fingerprint density at radius 1 is 0.933 bits per heavy atom. The van der Waals surface area contributed by atoms with Gasteiger partial charge in [0.2, 0.25) is 0 Å². The SMILES string of the molecule is [CH2]c1ccc(-c2ccccc2)cc1SC. The van der Waals surface area contributed by atoms with Crippen LogP contribution in [0.1, 0.15) is 5.56 Å². The van der Waals surface area contributed by atoms with Gasteiger partial charge in [0.15, 0.2) is 0 Å². The van der Waals surface area contributed by atoms with E-state index < -0.39 is 0 Å². The normalized spacial score (nSPS) is 10.3. The standard InChI is InChI=1S/C14H13S/c1-11-8-9-13(10-14(11)15-2)12-6-4-3-5-7-12/h3-10H,1H2,2H3. The predicted molar refractivity (Wildman–Crippen MR) is 68.1 cm³/mol. The van der Waals surface area contributed by atoms with Gasteiger partial charge in [0.1, 0.15) is 0 Å². The van der Waals surface area contributed by atoms with Crippen LogP contribution in [0.3, 0.4) is 0 Å². The van der Waals surface area contributed by atoms with Crippen molar-refractivity contribution in [2.24, 2.45) is 0 Å². The first-order chi connectivity index (χ1) is 7.31. The van der Waals surface area contributed by atoms with Gasteiger partial charge in [-0.25, -0.2) is 0 Å². The highest BCUT2D eigenvalue weighted by molar-refractivity contribution is 7.98. The highest BCUT2D eigenvalue weighted by atomic mass is 32.2. The van der Waals surface area contributed by atoms with Crippen LogP contribution < -0.4 is 0 Å². The third-order valence-electron chi connectivity index (χ3n) is 2.39. The van der Waals surface area contributed by atoms with E-state index in [2.05, 4.69) is 55.6 Å². The maximum Gasteiger partial charge on any atom is 0.0107 e. The molecule has 15 heavy (non-hydrogen) atoms. The van der Waals surface area contributed by atoms with Crippen molar-refractivity contribution in [1.82, 2.24) is 0 Å². The molecule has 0 aliphatic rings. The Kier molecular flexibility index (Phi) is 3.12. The van der Waals surface area contributed by atoms with E-state index in [0.717, 1.165) is 5.56 Å². The first-order valence-electron chi connectivity index (χ1n) is 4.86. The molecule has 1 radical (unpaired) electrons. The van der Waals surface area contributed by atoms with E-state index in [9.17, 15) is 0 Å². The average Bonchev–Trinajstić information content (AvgIpc) is 2.31. The smallest absolute Gasteiger partial charge is 0.0107 e. The van der Waals surface area contributed by atoms with E-state index in [1.165, 1.54) is 16.0 Å². The van der Waals surface area contributed by atoms with Crippen molar-refractivity contribution in [2.75, 3.05) is 6.26 Å². The Morgan fingerprint density at radius 3 is 2.33 bits per heavy atom. The van der Waals surface area contributed by atoms with Gasteiger partial charge in [0, 0.05) is 4.90 Å².